The van der Waals surface area contributed by atoms with E-state index >= 15 is 0 Å². The second kappa shape index (κ2) is 6.72. The van der Waals surface area contributed by atoms with Crippen molar-refractivity contribution in [2.75, 3.05) is 13.2 Å². The number of aromatic nitrogens is 1. The van der Waals surface area contributed by atoms with Crippen LogP contribution >= 0.6 is 11.3 Å². The summed E-state index contributed by atoms with van der Waals surface area (Å²) in [5, 5.41) is 0. The zero-order valence-corrected chi connectivity index (χ0v) is 15.5. The van der Waals surface area contributed by atoms with Crippen molar-refractivity contribution in [3.05, 3.63) is 47.0 Å². The molecule has 0 unspecified atom stereocenters. The largest absolute Gasteiger partial charge is 0.486 e. The molecule has 0 amide bonds. The first-order chi connectivity index (χ1) is 13.0. The molecule has 6 nitrogen and oxygen atoms in total. The minimum absolute atomic E-state index is 0.0976. The van der Waals surface area contributed by atoms with Gasteiger partial charge in [-0.2, -0.15) is 8.42 Å². The summed E-state index contributed by atoms with van der Waals surface area (Å²) in [6, 6.07) is 8.05. The lowest BCUT2D eigenvalue weighted by Gasteiger charge is -2.18. The third-order valence-corrected chi connectivity index (χ3v) is 6.34. The van der Waals surface area contributed by atoms with Gasteiger partial charge in [-0.15, -0.1) is 10.8 Å². The van der Waals surface area contributed by atoms with Crippen LogP contribution in [0.4, 0.5) is 4.39 Å². The van der Waals surface area contributed by atoms with Gasteiger partial charge in [-0.3, -0.25) is 0 Å². The van der Waals surface area contributed by atoms with Crippen LogP contribution in [0, 0.1) is 18.2 Å². The maximum atomic E-state index is 13.1. The first kappa shape index (κ1) is 17.6. The van der Waals surface area contributed by atoms with E-state index in [0.29, 0.717) is 30.2 Å². The molecule has 3 aromatic rings. The fraction of sp³-hybridized carbons (Fsp3) is 0.167. The quantitative estimate of drug-likeness (QED) is 0.629. The molecule has 2 heterocycles. The third kappa shape index (κ3) is 3.29. The van der Waals surface area contributed by atoms with Gasteiger partial charge in [-0.1, -0.05) is 17.3 Å². The number of fused-ring (bicyclic) bond motifs is 2. The molecule has 0 atom stereocenters. The molecule has 2 aromatic carbocycles. The number of sulfonamides is 1. The fourth-order valence-electron chi connectivity index (χ4n) is 2.68. The lowest BCUT2D eigenvalue weighted by Crippen LogP contribution is -2.17. The summed E-state index contributed by atoms with van der Waals surface area (Å²) >= 11 is 1.17. The number of nitrogens with zero attached hydrogens (tertiary/aromatic N) is 2. The van der Waals surface area contributed by atoms with E-state index in [1.54, 1.807) is 16.7 Å². The Labute approximate surface area is 158 Å². The van der Waals surface area contributed by atoms with E-state index in [1.165, 1.54) is 23.5 Å². The molecule has 27 heavy (non-hydrogen) atoms. The van der Waals surface area contributed by atoms with Crippen LogP contribution in [-0.4, -0.2) is 26.2 Å². The van der Waals surface area contributed by atoms with Crippen LogP contribution in [0.2, 0.25) is 0 Å². The van der Waals surface area contributed by atoms with Crippen LogP contribution < -0.4 is 14.3 Å². The highest BCUT2D eigenvalue weighted by Crippen LogP contribution is 2.35. The third-order valence-electron chi connectivity index (χ3n) is 3.91. The average Bonchev–Trinajstić information content (AvgIpc) is 2.96. The van der Waals surface area contributed by atoms with Gasteiger partial charge in [0.2, 0.25) is 4.80 Å². The molecule has 138 valence electrons. The number of terminal acetylenes is 1. The summed E-state index contributed by atoms with van der Waals surface area (Å²) < 4.78 is 55.8. The van der Waals surface area contributed by atoms with Crippen LogP contribution in [0.3, 0.4) is 0 Å². The van der Waals surface area contributed by atoms with Gasteiger partial charge >= 0.3 is 0 Å². The van der Waals surface area contributed by atoms with Gasteiger partial charge in [0.15, 0.2) is 11.5 Å². The SMILES string of the molecule is C#CCn1c(=NS(=O)(=O)c2ccc(F)cc2)sc2cc3c(cc21)OCCO3. The average molecular weight is 404 g/mol. The molecule has 0 fully saturated rings. The molecule has 1 aliphatic rings. The summed E-state index contributed by atoms with van der Waals surface area (Å²) in [5.74, 6) is 3.15. The summed E-state index contributed by atoms with van der Waals surface area (Å²) in [4.78, 5) is 0.120. The fourth-order valence-corrected chi connectivity index (χ4v) is 4.93. The van der Waals surface area contributed by atoms with Crippen molar-refractivity contribution >= 4 is 31.6 Å². The summed E-state index contributed by atoms with van der Waals surface area (Å²) in [5.41, 5.74) is 0.704. The molecular weight excluding hydrogens is 391 g/mol. The highest BCUT2D eigenvalue weighted by molar-refractivity contribution is 7.90. The Morgan fingerprint density at radius 3 is 2.52 bits per heavy atom. The van der Waals surface area contributed by atoms with E-state index < -0.39 is 15.8 Å². The summed E-state index contributed by atoms with van der Waals surface area (Å²) in [6.45, 7) is 1.02. The van der Waals surface area contributed by atoms with Crippen LogP contribution in [0.25, 0.3) is 10.2 Å². The van der Waals surface area contributed by atoms with E-state index in [9.17, 15) is 12.8 Å². The molecule has 1 aliphatic heterocycles. The van der Waals surface area contributed by atoms with E-state index in [0.717, 1.165) is 16.8 Å². The van der Waals surface area contributed by atoms with Crippen LogP contribution in [-0.2, 0) is 16.6 Å². The minimum Gasteiger partial charge on any atom is -0.486 e. The Morgan fingerprint density at radius 2 is 1.85 bits per heavy atom. The minimum atomic E-state index is -4.02. The summed E-state index contributed by atoms with van der Waals surface area (Å²) in [7, 11) is -4.02. The molecule has 1 aromatic heterocycles. The monoisotopic (exact) mass is 404 g/mol. The van der Waals surface area contributed by atoms with Crippen LogP contribution in [0.15, 0.2) is 45.7 Å². The van der Waals surface area contributed by atoms with Crippen molar-refractivity contribution < 1.29 is 22.3 Å². The topological polar surface area (TPSA) is 69.9 Å². The van der Waals surface area contributed by atoms with Crippen LogP contribution in [0.1, 0.15) is 0 Å². The maximum absolute atomic E-state index is 13.1. The first-order valence-corrected chi connectivity index (χ1v) is 10.2. The van der Waals surface area contributed by atoms with Gasteiger partial charge in [0.25, 0.3) is 10.0 Å². The number of thiazole rings is 1. The van der Waals surface area contributed by atoms with Gasteiger partial charge < -0.3 is 14.0 Å². The van der Waals surface area contributed by atoms with Crippen molar-refractivity contribution in [1.29, 1.82) is 0 Å². The first-order valence-electron chi connectivity index (χ1n) is 7.91. The van der Waals surface area contributed by atoms with Crippen molar-refractivity contribution in [2.24, 2.45) is 4.40 Å². The lowest BCUT2D eigenvalue weighted by molar-refractivity contribution is 0.172. The number of benzene rings is 2. The van der Waals surface area contributed by atoms with Crippen molar-refractivity contribution in [2.45, 2.75) is 11.4 Å². The number of hydrogen-bond donors (Lipinski definition) is 0. The van der Waals surface area contributed by atoms with Crippen molar-refractivity contribution in [3.8, 4) is 23.8 Å². The van der Waals surface area contributed by atoms with Crippen molar-refractivity contribution in [3.63, 3.8) is 0 Å². The maximum Gasteiger partial charge on any atom is 0.285 e. The van der Waals surface area contributed by atoms with E-state index in [-0.39, 0.29) is 16.2 Å². The van der Waals surface area contributed by atoms with Gasteiger partial charge in [-0.25, -0.2) is 4.39 Å². The Morgan fingerprint density at radius 1 is 1.19 bits per heavy atom. The van der Waals surface area contributed by atoms with Gasteiger partial charge in [-0.05, 0) is 24.3 Å². The summed E-state index contributed by atoms with van der Waals surface area (Å²) in [6.07, 6.45) is 5.45. The highest BCUT2D eigenvalue weighted by atomic mass is 32.2. The van der Waals surface area contributed by atoms with Gasteiger partial charge in [0.05, 0.1) is 21.7 Å². The molecule has 0 N–H and O–H groups in total. The number of halogens is 1. The van der Waals surface area contributed by atoms with Crippen molar-refractivity contribution in [1.82, 2.24) is 4.57 Å². The highest BCUT2D eigenvalue weighted by Gasteiger charge is 2.18. The molecule has 0 bridgehead atoms. The van der Waals surface area contributed by atoms with E-state index in [1.807, 2.05) is 0 Å². The second-order valence-electron chi connectivity index (χ2n) is 5.66. The number of ether oxygens (including phenoxy) is 2. The van der Waals surface area contributed by atoms with Gasteiger partial charge in [0.1, 0.15) is 19.0 Å². The molecule has 9 heteroatoms. The lowest BCUT2D eigenvalue weighted by atomic mass is 10.2. The normalized spacial score (nSPS) is 14.3. The molecule has 0 spiro atoms. The Kier molecular flexibility index (Phi) is 4.37. The molecule has 0 saturated carbocycles. The second-order valence-corrected chi connectivity index (χ2v) is 8.27. The molecule has 0 saturated heterocycles. The molecule has 0 aliphatic carbocycles. The van der Waals surface area contributed by atoms with E-state index in [4.69, 9.17) is 15.9 Å². The zero-order chi connectivity index (χ0) is 19.0. The zero-order valence-electron chi connectivity index (χ0n) is 13.9. The molecule has 4 rings (SSSR count). The Hall–Kier alpha value is -2.83. The molecular formula is C18H13FN2O4S2. The predicted octanol–water partition coefficient (Wildman–Crippen LogP) is 2.54. The molecule has 0 radical (unpaired) electrons. The Balaban J connectivity index is 1.92. The van der Waals surface area contributed by atoms with Gasteiger partial charge in [0, 0.05) is 12.1 Å². The van der Waals surface area contributed by atoms with E-state index in [2.05, 4.69) is 10.3 Å². The number of rotatable bonds is 3. The van der Waals surface area contributed by atoms with Crippen LogP contribution in [0.5, 0.6) is 11.5 Å². The standard InChI is InChI=1S/C18H13FN2O4S2/c1-2-7-21-14-10-15-16(25-9-8-24-15)11-17(14)26-18(21)20-27(22,23)13-5-3-12(19)4-6-13/h1,3-6,10-11H,7-9H2. The number of hydrogen-bond acceptors (Lipinski definition) is 5. The Bertz CT molecular complexity index is 1240. The predicted molar refractivity (Wildman–Crippen MR) is 98.8 cm³/mol. The smallest absolute Gasteiger partial charge is 0.285 e.